The highest BCUT2D eigenvalue weighted by molar-refractivity contribution is 5.56. The van der Waals surface area contributed by atoms with Crippen molar-refractivity contribution in [1.82, 2.24) is 0 Å². The number of hydrogen-bond acceptors (Lipinski definition) is 4. The molecule has 4 saturated carbocycles. The molecule has 0 saturated heterocycles. The first kappa shape index (κ1) is 14.8. The van der Waals surface area contributed by atoms with E-state index in [9.17, 15) is 21.0 Å². The molecule has 4 atom stereocenters. The Morgan fingerprint density at radius 1 is 0.792 bits per heavy atom. The summed E-state index contributed by atoms with van der Waals surface area (Å²) in [7, 11) is 0. The van der Waals surface area contributed by atoms with E-state index in [1.54, 1.807) is 12.1 Å². The Morgan fingerprint density at radius 2 is 1.38 bits per heavy atom. The fourth-order valence-electron chi connectivity index (χ4n) is 6.02. The summed E-state index contributed by atoms with van der Waals surface area (Å²) in [5, 5.41) is 38.0. The van der Waals surface area contributed by atoms with Crippen molar-refractivity contribution in [2.75, 3.05) is 0 Å². The van der Waals surface area contributed by atoms with Crippen LogP contribution < -0.4 is 0 Å². The van der Waals surface area contributed by atoms with Crippen molar-refractivity contribution in [3.63, 3.8) is 0 Å². The van der Waals surface area contributed by atoms with Crippen LogP contribution in [-0.4, -0.2) is 0 Å². The lowest BCUT2D eigenvalue weighted by molar-refractivity contribution is -0.0414. The summed E-state index contributed by atoms with van der Waals surface area (Å²) in [6.07, 6.45) is 5.93. The standard InChI is InChI=1S/C20H16N4/c21-8-15-2-17(10-23)18(3-16(15)9-22)20-6-13-1-14(7-20)5-19(4-13,11-20)12-24/h2-3,13-14H,1,4-7,11H2/t13-,14+,19?,20?. The Bertz CT molecular complexity index is 886. The van der Waals surface area contributed by atoms with Crippen molar-refractivity contribution in [2.24, 2.45) is 17.3 Å². The lowest BCUT2D eigenvalue weighted by Crippen LogP contribution is -2.53. The molecule has 0 aromatic heterocycles. The lowest BCUT2D eigenvalue weighted by Gasteiger charge is -2.60. The lowest BCUT2D eigenvalue weighted by atomic mass is 9.43. The molecule has 4 aliphatic carbocycles. The van der Waals surface area contributed by atoms with Crippen LogP contribution in [0.3, 0.4) is 0 Å². The predicted octanol–water partition coefficient (Wildman–Crippen LogP) is 3.66. The summed E-state index contributed by atoms with van der Waals surface area (Å²) in [6, 6.07) is 12.3. The van der Waals surface area contributed by atoms with Crippen LogP contribution in [0.1, 0.15) is 60.8 Å². The topological polar surface area (TPSA) is 95.2 Å². The number of nitrogens with zero attached hydrogens (tertiary/aromatic N) is 4. The summed E-state index contributed by atoms with van der Waals surface area (Å²) in [6.45, 7) is 0. The van der Waals surface area contributed by atoms with Gasteiger partial charge in [-0.15, -0.1) is 0 Å². The van der Waals surface area contributed by atoms with E-state index < -0.39 is 0 Å². The van der Waals surface area contributed by atoms with Gasteiger partial charge in [0.15, 0.2) is 0 Å². The number of benzene rings is 1. The van der Waals surface area contributed by atoms with Crippen molar-refractivity contribution in [3.8, 4) is 24.3 Å². The molecule has 4 bridgehead atoms. The third kappa shape index (κ3) is 1.87. The van der Waals surface area contributed by atoms with E-state index in [1.165, 1.54) is 6.42 Å². The second kappa shape index (κ2) is 4.84. The van der Waals surface area contributed by atoms with Gasteiger partial charge in [-0.3, -0.25) is 0 Å². The first-order valence-electron chi connectivity index (χ1n) is 8.37. The first-order valence-corrected chi connectivity index (χ1v) is 8.37. The molecular formula is C20H16N4. The third-order valence-corrected chi connectivity index (χ3v) is 6.39. The molecule has 24 heavy (non-hydrogen) atoms. The Morgan fingerprint density at radius 3 is 1.92 bits per heavy atom. The van der Waals surface area contributed by atoms with Gasteiger partial charge < -0.3 is 0 Å². The molecule has 0 N–H and O–H groups in total. The smallest absolute Gasteiger partial charge is 0.101 e. The molecule has 2 unspecified atom stereocenters. The molecule has 116 valence electrons. The SMILES string of the molecule is N#Cc1cc(C#N)c(C23C[C@@H]4C[C@@H](CC(C#N)(C4)C2)C3)cc1C#N. The van der Waals surface area contributed by atoms with Crippen LogP contribution in [0.4, 0.5) is 0 Å². The van der Waals surface area contributed by atoms with Gasteiger partial charge in [-0.05, 0) is 73.5 Å². The third-order valence-electron chi connectivity index (χ3n) is 6.39. The average molecular weight is 312 g/mol. The van der Waals surface area contributed by atoms with E-state index in [1.807, 2.05) is 6.07 Å². The van der Waals surface area contributed by atoms with Gasteiger partial charge in [-0.25, -0.2) is 0 Å². The fourth-order valence-corrected chi connectivity index (χ4v) is 6.02. The minimum Gasteiger partial charge on any atom is -0.198 e. The molecule has 1 aromatic rings. The minimum absolute atomic E-state index is 0.176. The summed E-state index contributed by atoms with van der Waals surface area (Å²) < 4.78 is 0. The number of nitriles is 4. The molecule has 0 aliphatic heterocycles. The van der Waals surface area contributed by atoms with Gasteiger partial charge in [-0.1, -0.05) is 0 Å². The summed E-state index contributed by atoms with van der Waals surface area (Å²) >= 11 is 0. The molecule has 0 radical (unpaired) electrons. The molecule has 0 amide bonds. The quantitative estimate of drug-likeness (QED) is 0.790. The van der Waals surface area contributed by atoms with Crippen molar-refractivity contribution < 1.29 is 0 Å². The van der Waals surface area contributed by atoms with Crippen LogP contribution in [0, 0.1) is 62.6 Å². The Labute approximate surface area is 141 Å². The van der Waals surface area contributed by atoms with E-state index >= 15 is 0 Å². The minimum atomic E-state index is -0.266. The van der Waals surface area contributed by atoms with Gasteiger partial charge >= 0.3 is 0 Å². The van der Waals surface area contributed by atoms with Gasteiger partial charge in [0, 0.05) is 0 Å². The van der Waals surface area contributed by atoms with Gasteiger partial charge in [-0.2, -0.15) is 21.0 Å². The molecule has 4 aliphatic rings. The summed E-state index contributed by atoms with van der Waals surface area (Å²) in [5.41, 5.74) is 1.56. The van der Waals surface area contributed by atoms with Crippen LogP contribution in [-0.2, 0) is 5.41 Å². The zero-order valence-electron chi connectivity index (χ0n) is 13.3. The largest absolute Gasteiger partial charge is 0.198 e. The molecular weight excluding hydrogens is 296 g/mol. The predicted molar refractivity (Wildman–Crippen MR) is 85.0 cm³/mol. The van der Waals surface area contributed by atoms with Crippen molar-refractivity contribution in [3.05, 3.63) is 34.4 Å². The normalized spacial score (nSPS) is 35.5. The average Bonchev–Trinajstić information content (AvgIpc) is 2.59. The summed E-state index contributed by atoms with van der Waals surface area (Å²) in [5.74, 6) is 1.08. The van der Waals surface area contributed by atoms with Crippen molar-refractivity contribution in [2.45, 2.75) is 43.9 Å². The zero-order valence-corrected chi connectivity index (χ0v) is 13.3. The van der Waals surface area contributed by atoms with Crippen molar-refractivity contribution in [1.29, 1.82) is 21.0 Å². The highest BCUT2D eigenvalue weighted by Gasteiger charge is 2.59. The Hall–Kier alpha value is -2.82. The van der Waals surface area contributed by atoms with Gasteiger partial charge in [0.05, 0.1) is 34.2 Å². The highest BCUT2D eigenvalue weighted by atomic mass is 14.6. The number of hydrogen-bond donors (Lipinski definition) is 0. The van der Waals surface area contributed by atoms with Crippen LogP contribution in [0.25, 0.3) is 0 Å². The van der Waals surface area contributed by atoms with Gasteiger partial charge in [0.25, 0.3) is 0 Å². The van der Waals surface area contributed by atoms with Crippen LogP contribution in [0.15, 0.2) is 12.1 Å². The molecule has 0 heterocycles. The van der Waals surface area contributed by atoms with Gasteiger partial charge in [0.1, 0.15) is 12.1 Å². The van der Waals surface area contributed by atoms with Crippen LogP contribution in [0.5, 0.6) is 0 Å². The maximum Gasteiger partial charge on any atom is 0.101 e. The number of rotatable bonds is 1. The molecule has 1 aromatic carbocycles. The Balaban J connectivity index is 1.91. The fraction of sp³-hybridized carbons (Fsp3) is 0.500. The Kier molecular flexibility index (Phi) is 2.97. The molecule has 4 nitrogen and oxygen atoms in total. The monoisotopic (exact) mass is 312 g/mol. The zero-order chi connectivity index (χ0) is 16.9. The first-order chi connectivity index (χ1) is 11.6. The second-order valence-corrected chi connectivity index (χ2v) is 7.91. The van der Waals surface area contributed by atoms with E-state index in [0.29, 0.717) is 23.0 Å². The maximum atomic E-state index is 9.79. The van der Waals surface area contributed by atoms with Crippen LogP contribution >= 0.6 is 0 Å². The van der Waals surface area contributed by atoms with E-state index in [2.05, 4.69) is 18.2 Å². The van der Waals surface area contributed by atoms with E-state index in [0.717, 1.165) is 37.7 Å². The van der Waals surface area contributed by atoms with Crippen molar-refractivity contribution >= 4 is 0 Å². The highest BCUT2D eigenvalue weighted by Crippen LogP contribution is 2.65. The van der Waals surface area contributed by atoms with E-state index in [-0.39, 0.29) is 16.4 Å². The molecule has 4 fully saturated rings. The maximum absolute atomic E-state index is 9.79. The molecule has 0 spiro atoms. The summed E-state index contributed by atoms with van der Waals surface area (Å²) in [4.78, 5) is 0. The van der Waals surface area contributed by atoms with Crippen LogP contribution in [0.2, 0.25) is 0 Å². The van der Waals surface area contributed by atoms with E-state index in [4.69, 9.17) is 0 Å². The molecule has 4 heteroatoms. The second-order valence-electron chi connectivity index (χ2n) is 7.91. The molecule has 5 rings (SSSR count). The van der Waals surface area contributed by atoms with Gasteiger partial charge in [0.2, 0.25) is 0 Å².